The first-order valence-electron chi connectivity index (χ1n) is 9.80. The zero-order chi connectivity index (χ0) is 19.7. The number of carbonyl (C=O) groups is 1. The molecule has 0 aromatic heterocycles. The number of para-hydroxylation sites is 2. The van der Waals surface area contributed by atoms with Gasteiger partial charge >= 0.3 is 0 Å². The van der Waals surface area contributed by atoms with Crippen LogP contribution in [0.1, 0.15) is 44.6 Å². The average molecular weight is 384 g/mol. The van der Waals surface area contributed by atoms with E-state index in [1.54, 1.807) is 6.07 Å². The molecule has 4 rings (SSSR count). The van der Waals surface area contributed by atoms with Crippen LogP contribution in [0.15, 0.2) is 36.4 Å². The fourth-order valence-corrected chi connectivity index (χ4v) is 4.21. The van der Waals surface area contributed by atoms with E-state index in [4.69, 9.17) is 4.74 Å². The number of hydrogen-bond acceptors (Lipinski definition) is 4. The lowest BCUT2D eigenvalue weighted by Gasteiger charge is -2.34. The van der Waals surface area contributed by atoms with Gasteiger partial charge in [0, 0.05) is 11.6 Å². The number of phenolic OH excluding ortho intramolecular Hbond substituents is 1. The number of rotatable bonds is 3. The molecule has 0 spiro atoms. The van der Waals surface area contributed by atoms with Gasteiger partial charge in [0.2, 0.25) is 0 Å². The van der Waals surface area contributed by atoms with Crippen molar-refractivity contribution < 1.29 is 19.0 Å². The Labute approximate surface area is 163 Å². The van der Waals surface area contributed by atoms with Crippen LogP contribution in [0.2, 0.25) is 0 Å². The van der Waals surface area contributed by atoms with E-state index in [9.17, 15) is 14.3 Å². The van der Waals surface area contributed by atoms with Crippen molar-refractivity contribution in [2.45, 2.75) is 50.5 Å². The SMILES string of the molecule is CC1(c2cc(F)c(NC(=O)[C@@H]3CNc4ccccc4O3)cc2O)CCCCC1. The van der Waals surface area contributed by atoms with Gasteiger partial charge in [0.15, 0.2) is 6.10 Å². The van der Waals surface area contributed by atoms with Crippen LogP contribution in [-0.4, -0.2) is 23.7 Å². The zero-order valence-corrected chi connectivity index (χ0v) is 15.9. The molecule has 3 N–H and O–H groups in total. The highest BCUT2D eigenvalue weighted by Crippen LogP contribution is 2.44. The zero-order valence-electron chi connectivity index (χ0n) is 15.9. The van der Waals surface area contributed by atoms with Crippen LogP contribution in [0.3, 0.4) is 0 Å². The molecule has 1 amide bonds. The van der Waals surface area contributed by atoms with Gasteiger partial charge in [-0.3, -0.25) is 4.79 Å². The number of carbonyl (C=O) groups excluding carboxylic acids is 1. The molecule has 6 heteroatoms. The predicted octanol–water partition coefficient (Wildman–Crippen LogP) is 4.56. The fraction of sp³-hybridized carbons (Fsp3) is 0.409. The summed E-state index contributed by atoms with van der Waals surface area (Å²) in [5.74, 6) is -0.402. The number of anilines is 2. The maximum atomic E-state index is 14.7. The molecule has 0 bridgehead atoms. The first kappa shape index (κ1) is 18.6. The highest BCUT2D eigenvalue weighted by Gasteiger charge is 2.33. The molecule has 0 unspecified atom stereocenters. The number of hydrogen-bond donors (Lipinski definition) is 3. The van der Waals surface area contributed by atoms with Crippen molar-refractivity contribution in [3.05, 3.63) is 47.8 Å². The summed E-state index contributed by atoms with van der Waals surface area (Å²) in [7, 11) is 0. The van der Waals surface area contributed by atoms with Crippen molar-refractivity contribution in [2.24, 2.45) is 0 Å². The third-order valence-corrected chi connectivity index (χ3v) is 5.88. The summed E-state index contributed by atoms with van der Waals surface area (Å²) in [6.45, 7) is 2.35. The summed E-state index contributed by atoms with van der Waals surface area (Å²) in [6.07, 6.45) is 4.38. The van der Waals surface area contributed by atoms with Crippen molar-refractivity contribution in [3.63, 3.8) is 0 Å². The second-order valence-corrected chi connectivity index (χ2v) is 7.94. The summed E-state index contributed by atoms with van der Waals surface area (Å²) >= 11 is 0. The van der Waals surface area contributed by atoms with E-state index < -0.39 is 17.8 Å². The third kappa shape index (κ3) is 3.51. The number of fused-ring (bicyclic) bond motifs is 1. The number of halogens is 1. The van der Waals surface area contributed by atoms with Crippen LogP contribution in [0, 0.1) is 5.82 Å². The molecule has 2 aromatic carbocycles. The second-order valence-electron chi connectivity index (χ2n) is 7.94. The molecule has 5 nitrogen and oxygen atoms in total. The Bertz CT molecular complexity index is 893. The Hall–Kier alpha value is -2.76. The summed E-state index contributed by atoms with van der Waals surface area (Å²) in [4.78, 5) is 12.6. The van der Waals surface area contributed by atoms with Crippen LogP contribution in [0.25, 0.3) is 0 Å². The third-order valence-electron chi connectivity index (χ3n) is 5.88. The molecule has 1 aliphatic carbocycles. The smallest absolute Gasteiger partial charge is 0.267 e. The minimum atomic E-state index is -0.785. The number of phenols is 1. The van der Waals surface area contributed by atoms with Gasteiger partial charge in [-0.2, -0.15) is 0 Å². The van der Waals surface area contributed by atoms with Gasteiger partial charge in [0.1, 0.15) is 17.3 Å². The quantitative estimate of drug-likeness (QED) is 0.725. The average Bonchev–Trinajstić information content (AvgIpc) is 2.70. The normalized spacial score (nSPS) is 20.4. The number of aromatic hydroxyl groups is 1. The Morgan fingerprint density at radius 3 is 2.79 bits per heavy atom. The first-order valence-corrected chi connectivity index (χ1v) is 9.80. The Balaban J connectivity index is 1.51. The molecule has 28 heavy (non-hydrogen) atoms. The van der Waals surface area contributed by atoms with Crippen molar-refractivity contribution in [1.82, 2.24) is 0 Å². The van der Waals surface area contributed by atoms with Crippen molar-refractivity contribution in [1.29, 1.82) is 0 Å². The molecule has 1 aliphatic heterocycles. The number of ether oxygens (including phenoxy) is 1. The minimum absolute atomic E-state index is 0.0223. The van der Waals surface area contributed by atoms with E-state index in [-0.39, 0.29) is 23.4 Å². The summed E-state index contributed by atoms with van der Waals surface area (Å²) in [5, 5.41) is 16.2. The Morgan fingerprint density at radius 1 is 1.25 bits per heavy atom. The monoisotopic (exact) mass is 384 g/mol. The van der Waals surface area contributed by atoms with Gasteiger partial charge in [-0.05, 0) is 36.5 Å². The van der Waals surface area contributed by atoms with E-state index in [2.05, 4.69) is 17.6 Å². The lowest BCUT2D eigenvalue weighted by atomic mass is 9.70. The summed E-state index contributed by atoms with van der Waals surface area (Å²) < 4.78 is 20.5. The van der Waals surface area contributed by atoms with Crippen LogP contribution in [0.5, 0.6) is 11.5 Å². The van der Waals surface area contributed by atoms with E-state index in [1.165, 1.54) is 18.6 Å². The second kappa shape index (κ2) is 7.34. The summed E-state index contributed by atoms with van der Waals surface area (Å²) in [5.41, 5.74) is 1.17. The van der Waals surface area contributed by atoms with Gasteiger partial charge in [0.25, 0.3) is 5.91 Å². The Kier molecular flexibility index (Phi) is 4.87. The maximum absolute atomic E-state index is 14.7. The van der Waals surface area contributed by atoms with Gasteiger partial charge in [-0.1, -0.05) is 38.3 Å². The highest BCUT2D eigenvalue weighted by atomic mass is 19.1. The van der Waals surface area contributed by atoms with E-state index in [0.717, 1.165) is 31.4 Å². The molecule has 2 aromatic rings. The minimum Gasteiger partial charge on any atom is -0.508 e. The molecule has 148 valence electrons. The van der Waals surface area contributed by atoms with Crippen LogP contribution >= 0.6 is 0 Å². The molecule has 1 heterocycles. The number of benzene rings is 2. The van der Waals surface area contributed by atoms with Crippen molar-refractivity contribution >= 4 is 17.3 Å². The maximum Gasteiger partial charge on any atom is 0.267 e. The lowest BCUT2D eigenvalue weighted by Crippen LogP contribution is -2.41. The molecule has 2 aliphatic rings. The predicted molar refractivity (Wildman–Crippen MR) is 106 cm³/mol. The highest BCUT2D eigenvalue weighted by molar-refractivity contribution is 5.95. The largest absolute Gasteiger partial charge is 0.508 e. The Morgan fingerprint density at radius 2 is 2.00 bits per heavy atom. The molecule has 1 fully saturated rings. The first-order chi connectivity index (χ1) is 13.5. The topological polar surface area (TPSA) is 70.6 Å². The van der Waals surface area contributed by atoms with Crippen molar-refractivity contribution in [3.8, 4) is 11.5 Å². The van der Waals surface area contributed by atoms with Crippen LogP contribution in [0.4, 0.5) is 15.8 Å². The van der Waals surface area contributed by atoms with Gasteiger partial charge in [-0.25, -0.2) is 4.39 Å². The molecule has 1 atom stereocenters. The molecule has 1 saturated carbocycles. The standard InChI is InChI=1S/C22H25FN2O3/c1-22(9-5-2-6-10-22)14-11-15(23)17(12-18(14)26)25-21(27)20-13-24-16-7-3-4-8-19(16)28-20/h3-4,7-8,11-12,20,24,26H,2,5-6,9-10,13H2,1H3,(H,25,27)/t20-/m0/s1. The lowest BCUT2D eigenvalue weighted by molar-refractivity contribution is -0.122. The summed E-state index contributed by atoms with van der Waals surface area (Å²) in [6, 6.07) is 10.0. The van der Waals surface area contributed by atoms with E-state index in [0.29, 0.717) is 11.3 Å². The van der Waals surface area contributed by atoms with E-state index in [1.807, 2.05) is 18.2 Å². The van der Waals surface area contributed by atoms with Gasteiger partial charge in [0.05, 0.1) is 17.9 Å². The molecular formula is C22H25FN2O3. The van der Waals surface area contributed by atoms with Crippen molar-refractivity contribution in [2.75, 3.05) is 17.2 Å². The van der Waals surface area contributed by atoms with Crippen LogP contribution < -0.4 is 15.4 Å². The molecular weight excluding hydrogens is 359 g/mol. The molecule has 0 saturated heterocycles. The van der Waals surface area contributed by atoms with E-state index >= 15 is 0 Å². The van der Waals surface area contributed by atoms with Gasteiger partial charge in [-0.15, -0.1) is 0 Å². The fourth-order valence-electron chi connectivity index (χ4n) is 4.21. The number of amides is 1. The molecule has 0 radical (unpaired) electrons. The van der Waals surface area contributed by atoms with Gasteiger partial charge < -0.3 is 20.5 Å². The van der Waals surface area contributed by atoms with Crippen LogP contribution in [-0.2, 0) is 10.2 Å². The number of nitrogens with one attached hydrogen (secondary N) is 2.